The molecule has 0 aliphatic carbocycles. The number of carboxylic acid groups (broad SMARTS) is 1. The number of hydrogen-bond donors (Lipinski definition) is 1. The molecule has 0 spiro atoms. The van der Waals surface area contributed by atoms with Crippen molar-refractivity contribution in [2.45, 2.75) is 245 Å². The van der Waals surface area contributed by atoms with Gasteiger partial charge in [0.15, 0.2) is 0 Å². The third kappa shape index (κ3) is 35.4. The van der Waals surface area contributed by atoms with Crippen LogP contribution in [0, 0.1) is 0 Å². The van der Waals surface area contributed by atoms with Crippen LogP contribution in [-0.4, -0.2) is 23.1 Å². The van der Waals surface area contributed by atoms with Crippen molar-refractivity contribution in [1.82, 2.24) is 0 Å². The van der Waals surface area contributed by atoms with Gasteiger partial charge in [0.2, 0.25) is 0 Å². The highest BCUT2D eigenvalue weighted by Crippen LogP contribution is 2.19. The van der Waals surface area contributed by atoms with Crippen LogP contribution in [0.25, 0.3) is 0 Å². The number of ether oxygens (including phenoxy) is 1. The lowest BCUT2D eigenvalue weighted by Crippen LogP contribution is -2.18. The first-order valence-corrected chi connectivity index (χ1v) is 20.0. The summed E-state index contributed by atoms with van der Waals surface area (Å²) in [7, 11) is 0. The van der Waals surface area contributed by atoms with Crippen molar-refractivity contribution >= 4 is 11.9 Å². The molecule has 0 radical (unpaired) electrons. The standard InChI is InChI=1S/C40H78O4/c1-3-5-7-9-10-11-12-14-19-22-25-29-33-37-40(43)44-38(34-30-26-8-6-4-2)35-31-27-23-20-17-15-13-16-18-21-24-28-32-36-39(41)42/h38H,3-37H2,1-2H3,(H,41,42). The molecule has 0 bridgehead atoms. The molecule has 0 saturated heterocycles. The Bertz CT molecular complexity index is 590. The molecule has 0 aromatic heterocycles. The van der Waals surface area contributed by atoms with Crippen LogP contribution in [0.2, 0.25) is 0 Å². The second-order valence-electron chi connectivity index (χ2n) is 13.8. The SMILES string of the molecule is CCCCCCCCCCCCCCCC(=O)OC(CCCCCCC)CCCCCCCCCCCCCCCC(=O)O. The van der Waals surface area contributed by atoms with Gasteiger partial charge in [0.1, 0.15) is 6.10 Å². The highest BCUT2D eigenvalue weighted by molar-refractivity contribution is 5.69. The Labute approximate surface area is 275 Å². The molecule has 44 heavy (non-hydrogen) atoms. The van der Waals surface area contributed by atoms with Crippen molar-refractivity contribution in [2.24, 2.45) is 0 Å². The summed E-state index contributed by atoms with van der Waals surface area (Å²) in [6.07, 6.45) is 42.9. The van der Waals surface area contributed by atoms with Gasteiger partial charge >= 0.3 is 11.9 Å². The van der Waals surface area contributed by atoms with Crippen LogP contribution in [0.3, 0.4) is 0 Å². The Kier molecular flexibility index (Phi) is 35.5. The van der Waals surface area contributed by atoms with Crippen LogP contribution < -0.4 is 0 Å². The molecule has 0 aromatic carbocycles. The Morgan fingerprint density at radius 3 is 1.00 bits per heavy atom. The molecule has 1 N–H and O–H groups in total. The highest BCUT2D eigenvalue weighted by Gasteiger charge is 2.14. The normalized spacial score (nSPS) is 12.0. The van der Waals surface area contributed by atoms with Crippen molar-refractivity contribution < 1.29 is 19.4 Å². The predicted octanol–water partition coefficient (Wildman–Crippen LogP) is 13.7. The van der Waals surface area contributed by atoms with E-state index in [0.717, 1.165) is 32.1 Å². The van der Waals surface area contributed by atoms with Crippen molar-refractivity contribution in [3.63, 3.8) is 0 Å². The largest absolute Gasteiger partial charge is 0.481 e. The van der Waals surface area contributed by atoms with E-state index < -0.39 is 5.97 Å². The Morgan fingerprint density at radius 1 is 0.409 bits per heavy atom. The molecule has 0 aliphatic rings. The van der Waals surface area contributed by atoms with Crippen molar-refractivity contribution in [3.8, 4) is 0 Å². The lowest BCUT2D eigenvalue weighted by atomic mass is 10.0. The van der Waals surface area contributed by atoms with E-state index in [1.54, 1.807) is 0 Å². The summed E-state index contributed by atoms with van der Waals surface area (Å²) in [6.45, 7) is 4.54. The van der Waals surface area contributed by atoms with E-state index in [9.17, 15) is 9.59 Å². The van der Waals surface area contributed by atoms with E-state index in [0.29, 0.717) is 12.8 Å². The fraction of sp³-hybridized carbons (Fsp3) is 0.950. The Balaban J connectivity index is 3.83. The number of carboxylic acids is 1. The predicted molar refractivity (Wildman–Crippen MR) is 190 cm³/mol. The number of esters is 1. The number of rotatable bonds is 37. The molecule has 1 atom stereocenters. The van der Waals surface area contributed by atoms with Crippen LogP contribution in [0.5, 0.6) is 0 Å². The molecule has 0 aliphatic heterocycles. The monoisotopic (exact) mass is 623 g/mol. The summed E-state index contributed by atoms with van der Waals surface area (Å²) in [6, 6.07) is 0. The van der Waals surface area contributed by atoms with Gasteiger partial charge in [-0.2, -0.15) is 0 Å². The number of carbonyl (C=O) groups excluding carboxylic acids is 1. The van der Waals surface area contributed by atoms with Crippen molar-refractivity contribution in [1.29, 1.82) is 0 Å². The molecular formula is C40H78O4. The fourth-order valence-corrected chi connectivity index (χ4v) is 6.36. The first kappa shape index (κ1) is 42.9. The lowest BCUT2D eigenvalue weighted by Gasteiger charge is -2.18. The topological polar surface area (TPSA) is 63.6 Å². The maximum atomic E-state index is 12.6. The van der Waals surface area contributed by atoms with Crippen molar-refractivity contribution in [3.05, 3.63) is 0 Å². The zero-order valence-corrected chi connectivity index (χ0v) is 30.0. The summed E-state index contributed by atoms with van der Waals surface area (Å²) in [4.78, 5) is 23.2. The number of carbonyl (C=O) groups is 2. The molecule has 1 unspecified atom stereocenters. The summed E-state index contributed by atoms with van der Waals surface area (Å²) >= 11 is 0. The molecule has 0 saturated carbocycles. The summed E-state index contributed by atoms with van der Waals surface area (Å²) in [5, 5.41) is 8.68. The Hall–Kier alpha value is -1.06. The third-order valence-corrected chi connectivity index (χ3v) is 9.33. The zero-order chi connectivity index (χ0) is 32.2. The minimum atomic E-state index is -0.665. The average Bonchev–Trinajstić information content (AvgIpc) is 3.00. The maximum absolute atomic E-state index is 12.6. The fourth-order valence-electron chi connectivity index (χ4n) is 6.36. The lowest BCUT2D eigenvalue weighted by molar-refractivity contribution is -0.150. The smallest absolute Gasteiger partial charge is 0.306 e. The molecule has 0 rings (SSSR count). The van der Waals surface area contributed by atoms with E-state index in [4.69, 9.17) is 9.84 Å². The van der Waals surface area contributed by atoms with Gasteiger partial charge in [-0.05, 0) is 38.5 Å². The molecule has 4 nitrogen and oxygen atoms in total. The van der Waals surface area contributed by atoms with Crippen LogP contribution >= 0.6 is 0 Å². The van der Waals surface area contributed by atoms with E-state index in [2.05, 4.69) is 13.8 Å². The third-order valence-electron chi connectivity index (χ3n) is 9.33. The molecule has 0 fully saturated rings. The quantitative estimate of drug-likeness (QED) is 0.0553. The van der Waals surface area contributed by atoms with Gasteiger partial charge in [-0.1, -0.05) is 187 Å². The number of aliphatic carboxylic acids is 1. The van der Waals surface area contributed by atoms with E-state index in [-0.39, 0.29) is 12.1 Å². The Morgan fingerprint density at radius 2 is 0.682 bits per heavy atom. The maximum Gasteiger partial charge on any atom is 0.306 e. The van der Waals surface area contributed by atoms with E-state index in [1.807, 2.05) is 0 Å². The highest BCUT2D eigenvalue weighted by atomic mass is 16.5. The second kappa shape index (κ2) is 36.4. The van der Waals surface area contributed by atoms with Gasteiger partial charge in [0.25, 0.3) is 0 Å². The molecule has 262 valence electrons. The van der Waals surface area contributed by atoms with Gasteiger partial charge in [0, 0.05) is 12.8 Å². The number of hydrogen-bond acceptors (Lipinski definition) is 3. The molecule has 0 amide bonds. The van der Waals surface area contributed by atoms with Crippen LogP contribution in [0.1, 0.15) is 239 Å². The molecule has 4 heteroatoms. The summed E-state index contributed by atoms with van der Waals surface area (Å²) in [5.74, 6) is -0.617. The van der Waals surface area contributed by atoms with Crippen LogP contribution in [0.15, 0.2) is 0 Å². The van der Waals surface area contributed by atoms with Gasteiger partial charge in [-0.15, -0.1) is 0 Å². The minimum absolute atomic E-state index is 0.0480. The van der Waals surface area contributed by atoms with Gasteiger partial charge in [-0.3, -0.25) is 9.59 Å². The van der Waals surface area contributed by atoms with Gasteiger partial charge < -0.3 is 9.84 Å². The van der Waals surface area contributed by atoms with Crippen molar-refractivity contribution in [2.75, 3.05) is 0 Å². The number of unbranched alkanes of at least 4 members (excludes halogenated alkanes) is 28. The summed E-state index contributed by atoms with van der Waals surface area (Å²) in [5.41, 5.74) is 0. The first-order valence-electron chi connectivity index (χ1n) is 20.0. The van der Waals surface area contributed by atoms with Crippen LogP contribution in [-0.2, 0) is 14.3 Å². The second-order valence-corrected chi connectivity index (χ2v) is 13.8. The molecular weight excluding hydrogens is 544 g/mol. The minimum Gasteiger partial charge on any atom is -0.481 e. The van der Waals surface area contributed by atoms with E-state index >= 15 is 0 Å². The van der Waals surface area contributed by atoms with E-state index in [1.165, 1.54) is 180 Å². The average molecular weight is 623 g/mol. The van der Waals surface area contributed by atoms with Gasteiger partial charge in [0.05, 0.1) is 0 Å². The summed E-state index contributed by atoms with van der Waals surface area (Å²) < 4.78 is 6.02. The first-order chi connectivity index (χ1) is 21.6. The van der Waals surface area contributed by atoms with Crippen LogP contribution in [0.4, 0.5) is 0 Å². The van der Waals surface area contributed by atoms with Gasteiger partial charge in [-0.25, -0.2) is 0 Å². The molecule has 0 aromatic rings. The zero-order valence-electron chi connectivity index (χ0n) is 30.0. The molecule has 0 heterocycles.